The van der Waals surface area contributed by atoms with Gasteiger partial charge in [-0.2, -0.15) is 0 Å². The molecule has 0 saturated carbocycles. The average Bonchev–Trinajstić information content (AvgIpc) is 3.42. The molecule has 1 atom stereocenters. The van der Waals surface area contributed by atoms with Crippen molar-refractivity contribution in [2.24, 2.45) is 0 Å². The van der Waals surface area contributed by atoms with E-state index in [9.17, 15) is 9.59 Å². The Kier molecular flexibility index (Phi) is 6.06. The van der Waals surface area contributed by atoms with Crippen molar-refractivity contribution in [3.8, 4) is 0 Å². The van der Waals surface area contributed by atoms with Gasteiger partial charge in [-0.15, -0.1) is 16.4 Å². The van der Waals surface area contributed by atoms with Gasteiger partial charge in [0.1, 0.15) is 21.3 Å². The summed E-state index contributed by atoms with van der Waals surface area (Å²) in [5, 5.41) is 7.82. The second-order valence-electron chi connectivity index (χ2n) is 6.83. The van der Waals surface area contributed by atoms with E-state index in [1.807, 2.05) is 6.92 Å². The van der Waals surface area contributed by atoms with Crippen molar-refractivity contribution in [3.63, 3.8) is 0 Å². The molecule has 1 aliphatic heterocycles. The van der Waals surface area contributed by atoms with E-state index < -0.39 is 0 Å². The highest BCUT2D eigenvalue weighted by molar-refractivity contribution is 7.98. The Morgan fingerprint density at radius 2 is 2.30 bits per heavy atom. The maximum absolute atomic E-state index is 12.2. The molecule has 10 nitrogen and oxygen atoms in total. The second-order valence-corrected chi connectivity index (χ2v) is 8.77. The summed E-state index contributed by atoms with van der Waals surface area (Å²) in [6, 6.07) is 0. The third-order valence-electron chi connectivity index (χ3n) is 4.79. The van der Waals surface area contributed by atoms with Gasteiger partial charge in [0.2, 0.25) is 0 Å². The van der Waals surface area contributed by atoms with E-state index >= 15 is 0 Å². The predicted molar refractivity (Wildman–Crippen MR) is 114 cm³/mol. The minimum atomic E-state index is -0.386. The molecule has 3 aromatic rings. The second kappa shape index (κ2) is 8.74. The van der Waals surface area contributed by atoms with Crippen molar-refractivity contribution in [1.82, 2.24) is 24.7 Å². The molecule has 30 heavy (non-hydrogen) atoms. The normalized spacial score (nSPS) is 16.4. The van der Waals surface area contributed by atoms with Crippen LogP contribution in [0.3, 0.4) is 0 Å². The van der Waals surface area contributed by atoms with Crippen molar-refractivity contribution in [1.29, 1.82) is 0 Å². The number of carbonyl (C=O) groups is 1. The summed E-state index contributed by atoms with van der Waals surface area (Å²) in [7, 11) is 0. The molecular weight excluding hydrogens is 428 g/mol. The standard InChI is InChI=1S/C18H22N6O4S2/c1-3-27-16(25)13-9(2)12-14(19)20-11(21-15(12)30-13)8-29-18-23-22-17(26)24(18)7-10-5-4-6-28-10/h10H,3-8H2,1-2H3,(H,22,26)(H2,19,20,21). The number of aromatic amines is 1. The molecule has 4 heterocycles. The fourth-order valence-corrected chi connectivity index (χ4v) is 5.28. The van der Waals surface area contributed by atoms with Crippen molar-refractivity contribution >= 4 is 45.1 Å². The zero-order valence-corrected chi connectivity index (χ0v) is 18.3. The largest absolute Gasteiger partial charge is 0.462 e. The Labute approximate surface area is 180 Å². The van der Waals surface area contributed by atoms with E-state index in [2.05, 4.69) is 20.2 Å². The molecule has 1 aliphatic rings. The lowest BCUT2D eigenvalue weighted by molar-refractivity contribution is 0.0531. The number of nitrogens with two attached hydrogens (primary N) is 1. The fraction of sp³-hybridized carbons (Fsp3) is 0.500. The number of nitrogens with one attached hydrogen (secondary N) is 1. The number of aromatic nitrogens is 5. The highest BCUT2D eigenvalue weighted by Gasteiger charge is 2.22. The zero-order chi connectivity index (χ0) is 21.3. The number of anilines is 1. The van der Waals surface area contributed by atoms with Crippen LogP contribution in [-0.2, 0) is 21.8 Å². The number of fused-ring (bicyclic) bond motifs is 1. The number of esters is 1. The molecule has 0 aliphatic carbocycles. The first kappa shape index (κ1) is 20.8. The first-order chi connectivity index (χ1) is 14.5. The average molecular weight is 451 g/mol. The van der Waals surface area contributed by atoms with Crippen molar-refractivity contribution < 1.29 is 14.3 Å². The topological polar surface area (TPSA) is 138 Å². The maximum Gasteiger partial charge on any atom is 0.348 e. The first-order valence-corrected chi connectivity index (χ1v) is 11.4. The van der Waals surface area contributed by atoms with Gasteiger partial charge in [-0.1, -0.05) is 11.8 Å². The van der Waals surface area contributed by atoms with Crippen LogP contribution < -0.4 is 11.4 Å². The molecule has 0 amide bonds. The number of carbonyl (C=O) groups excluding carboxylic acids is 1. The minimum absolute atomic E-state index is 0.0262. The van der Waals surface area contributed by atoms with Crippen LogP contribution >= 0.6 is 23.1 Å². The van der Waals surface area contributed by atoms with E-state index in [-0.39, 0.29) is 17.8 Å². The number of rotatable bonds is 7. The highest BCUT2D eigenvalue weighted by atomic mass is 32.2. The van der Waals surface area contributed by atoms with Gasteiger partial charge in [0.15, 0.2) is 5.16 Å². The Morgan fingerprint density at radius 1 is 1.47 bits per heavy atom. The maximum atomic E-state index is 12.2. The zero-order valence-electron chi connectivity index (χ0n) is 16.6. The van der Waals surface area contributed by atoms with E-state index in [0.717, 1.165) is 25.0 Å². The Morgan fingerprint density at radius 3 is 3.03 bits per heavy atom. The van der Waals surface area contributed by atoms with Gasteiger partial charge in [0.25, 0.3) is 0 Å². The monoisotopic (exact) mass is 450 g/mol. The summed E-state index contributed by atoms with van der Waals surface area (Å²) in [5.74, 6) is 0.809. The van der Waals surface area contributed by atoms with Crippen LogP contribution in [-0.4, -0.2) is 50.0 Å². The number of H-pyrrole nitrogens is 1. The molecule has 160 valence electrons. The number of hydrogen-bond donors (Lipinski definition) is 2. The SMILES string of the molecule is CCOC(=O)c1sc2nc(CSc3n[nH]c(=O)n3CC3CCCO3)nc(N)c2c1C. The molecule has 1 unspecified atom stereocenters. The Hall–Kier alpha value is -2.44. The van der Waals surface area contributed by atoms with E-state index in [0.29, 0.717) is 50.8 Å². The van der Waals surface area contributed by atoms with E-state index in [4.69, 9.17) is 15.2 Å². The number of aryl methyl sites for hydroxylation is 1. The lowest BCUT2D eigenvalue weighted by Crippen LogP contribution is -2.25. The summed E-state index contributed by atoms with van der Waals surface area (Å²) in [6.07, 6.45) is 1.96. The van der Waals surface area contributed by atoms with E-state index in [1.54, 1.807) is 11.5 Å². The number of ether oxygens (including phenoxy) is 2. The van der Waals surface area contributed by atoms with Gasteiger partial charge >= 0.3 is 11.7 Å². The van der Waals surface area contributed by atoms with Crippen molar-refractivity contribution in [2.45, 2.75) is 50.2 Å². The van der Waals surface area contributed by atoms with Crippen LogP contribution in [0.25, 0.3) is 10.2 Å². The summed E-state index contributed by atoms with van der Waals surface area (Å²) >= 11 is 2.59. The predicted octanol–water partition coefficient (Wildman–Crippen LogP) is 2.11. The number of thioether (sulfide) groups is 1. The smallest absolute Gasteiger partial charge is 0.348 e. The van der Waals surface area contributed by atoms with Crippen LogP contribution in [0.2, 0.25) is 0 Å². The third-order valence-corrected chi connectivity index (χ3v) is 6.93. The van der Waals surface area contributed by atoms with Gasteiger partial charge in [-0.25, -0.2) is 24.7 Å². The molecule has 0 radical (unpaired) electrons. The quantitative estimate of drug-likeness (QED) is 0.409. The van der Waals surface area contributed by atoms with Crippen molar-refractivity contribution in [2.75, 3.05) is 18.9 Å². The fourth-order valence-electron chi connectivity index (χ4n) is 3.37. The lowest BCUT2D eigenvalue weighted by Gasteiger charge is -2.10. The molecule has 0 bridgehead atoms. The lowest BCUT2D eigenvalue weighted by atomic mass is 10.2. The molecule has 4 rings (SSSR count). The number of nitrogens with zero attached hydrogens (tertiary/aromatic N) is 4. The highest BCUT2D eigenvalue weighted by Crippen LogP contribution is 2.34. The minimum Gasteiger partial charge on any atom is -0.462 e. The van der Waals surface area contributed by atoms with Gasteiger partial charge in [0.05, 0.1) is 30.4 Å². The van der Waals surface area contributed by atoms with Gasteiger partial charge in [-0.05, 0) is 32.3 Å². The molecule has 0 aromatic carbocycles. The summed E-state index contributed by atoms with van der Waals surface area (Å²) < 4.78 is 12.3. The first-order valence-electron chi connectivity index (χ1n) is 9.60. The summed E-state index contributed by atoms with van der Waals surface area (Å²) in [4.78, 5) is 34.3. The molecule has 0 spiro atoms. The van der Waals surface area contributed by atoms with Crippen LogP contribution in [0.4, 0.5) is 5.82 Å². The van der Waals surface area contributed by atoms with Gasteiger partial charge in [0, 0.05) is 6.61 Å². The molecule has 3 N–H and O–H groups in total. The van der Waals surface area contributed by atoms with Crippen molar-refractivity contribution in [3.05, 3.63) is 26.7 Å². The Bertz CT molecular complexity index is 1130. The van der Waals surface area contributed by atoms with Gasteiger partial charge < -0.3 is 15.2 Å². The molecular formula is C18H22N6O4S2. The number of nitrogen functional groups attached to an aromatic ring is 1. The Balaban J connectivity index is 1.55. The molecule has 12 heteroatoms. The van der Waals surface area contributed by atoms with Crippen LogP contribution in [0.15, 0.2) is 9.95 Å². The summed E-state index contributed by atoms with van der Waals surface area (Å²) in [6.45, 7) is 5.06. The number of thiophene rings is 1. The van der Waals surface area contributed by atoms with E-state index in [1.165, 1.54) is 23.1 Å². The van der Waals surface area contributed by atoms with Gasteiger partial charge in [-0.3, -0.25) is 4.57 Å². The molecule has 1 saturated heterocycles. The van der Waals surface area contributed by atoms with Crippen LogP contribution in [0, 0.1) is 6.92 Å². The number of hydrogen-bond acceptors (Lipinski definition) is 10. The molecule has 1 fully saturated rings. The van der Waals surface area contributed by atoms with Crippen LogP contribution in [0.5, 0.6) is 0 Å². The third kappa shape index (κ3) is 4.07. The molecule has 3 aromatic heterocycles. The summed E-state index contributed by atoms with van der Waals surface area (Å²) in [5.41, 5.74) is 6.62. The van der Waals surface area contributed by atoms with Crippen LogP contribution in [0.1, 0.15) is 40.8 Å².